The highest BCUT2D eigenvalue weighted by atomic mass is 33.1. The van der Waals surface area contributed by atoms with Crippen LogP contribution in [0.4, 0.5) is 0 Å². The topological polar surface area (TPSA) is 186 Å². The van der Waals surface area contributed by atoms with Gasteiger partial charge in [0, 0.05) is 114 Å². The molecule has 6 heterocycles. The number of esters is 1. The second-order valence-electron chi connectivity index (χ2n) is 28.2. The van der Waals surface area contributed by atoms with Crippen LogP contribution in [0.2, 0.25) is 0 Å². The van der Waals surface area contributed by atoms with Crippen molar-refractivity contribution in [2.45, 2.75) is 137 Å². The molecular formula is C78H82N4O9S2. The first kappa shape index (κ1) is 60.9. The van der Waals surface area contributed by atoms with Gasteiger partial charge in [0.05, 0.1) is 42.8 Å². The molecule has 13 nitrogen and oxygen atoms in total. The summed E-state index contributed by atoms with van der Waals surface area (Å²) in [5, 5.41) is 49.1. The predicted octanol–water partition coefficient (Wildman–Crippen LogP) is 11.7. The number of carbonyl (C=O) groups excluding carboxylic acids is 1. The highest BCUT2D eigenvalue weighted by Gasteiger charge is 2.55. The molecular weight excluding hydrogens is 1200 g/mol. The van der Waals surface area contributed by atoms with Crippen molar-refractivity contribution < 1.29 is 43.8 Å². The molecule has 8 N–H and O–H groups in total. The van der Waals surface area contributed by atoms with Crippen molar-refractivity contribution in [2.75, 3.05) is 46.3 Å². The minimum atomic E-state index is -0.898. The van der Waals surface area contributed by atoms with Crippen molar-refractivity contribution in [1.82, 2.24) is 16.0 Å². The molecule has 93 heavy (non-hydrogen) atoms. The van der Waals surface area contributed by atoms with E-state index in [-0.39, 0.29) is 78.2 Å². The highest BCUT2D eigenvalue weighted by Crippen LogP contribution is 2.65. The number of nitrogens with two attached hydrogens (primary N) is 1. The van der Waals surface area contributed by atoms with Crippen LogP contribution in [0.25, 0.3) is 17.2 Å². The highest BCUT2D eigenvalue weighted by molar-refractivity contribution is 8.77. The molecule has 11 bridgehead atoms. The third-order valence-electron chi connectivity index (χ3n) is 22.9. The Labute approximate surface area is 553 Å². The molecule has 16 atom stereocenters. The Morgan fingerprint density at radius 1 is 0.935 bits per heavy atom. The van der Waals surface area contributed by atoms with E-state index in [1.54, 1.807) is 20.3 Å². The van der Waals surface area contributed by atoms with Gasteiger partial charge >= 0.3 is 5.97 Å². The van der Waals surface area contributed by atoms with E-state index in [1.165, 1.54) is 24.5 Å². The van der Waals surface area contributed by atoms with Gasteiger partial charge in [0.15, 0.2) is 11.5 Å². The lowest BCUT2D eigenvalue weighted by atomic mass is 9.64. The van der Waals surface area contributed by atoms with E-state index in [0.717, 1.165) is 107 Å². The van der Waals surface area contributed by atoms with Crippen LogP contribution in [0.15, 0.2) is 121 Å². The van der Waals surface area contributed by atoms with E-state index in [9.17, 15) is 20.1 Å². The number of hydrogen-bond donors (Lipinski definition) is 7. The Hall–Kier alpha value is -7.05. The normalized spacial score (nSPS) is 32.8. The van der Waals surface area contributed by atoms with Crippen LogP contribution in [0.5, 0.6) is 28.7 Å². The Balaban J connectivity index is 1.02. The van der Waals surface area contributed by atoms with E-state index in [1.807, 2.05) is 27.7 Å². The number of rotatable bonds is 8. The fourth-order valence-electron chi connectivity index (χ4n) is 18.7. The molecule has 5 aliphatic carbocycles. The summed E-state index contributed by atoms with van der Waals surface area (Å²) in [6, 6.07) is 27.8. The molecule has 2 saturated carbocycles. The maximum Gasteiger partial charge on any atom is 0.302 e. The number of dihydropyridines is 1. The van der Waals surface area contributed by atoms with Crippen molar-refractivity contribution in [3.05, 3.63) is 176 Å². The Morgan fingerprint density at radius 2 is 1.83 bits per heavy atom. The summed E-state index contributed by atoms with van der Waals surface area (Å²) in [6.45, 7) is 2.10. The first-order chi connectivity index (χ1) is 45.4. The maximum atomic E-state index is 14.0. The summed E-state index contributed by atoms with van der Waals surface area (Å²) in [5.41, 5.74) is 18.7. The summed E-state index contributed by atoms with van der Waals surface area (Å²) in [5.74, 6) is 16.4. The summed E-state index contributed by atoms with van der Waals surface area (Å²) >= 11 is 0. The molecule has 0 aromatic heterocycles. The van der Waals surface area contributed by atoms with Gasteiger partial charge in [0.1, 0.15) is 42.0 Å². The number of nitrogens with one attached hydrogen (secondary N) is 3. The number of benzene rings is 5. The zero-order valence-electron chi connectivity index (χ0n) is 53.1. The molecule has 5 aromatic carbocycles. The summed E-state index contributed by atoms with van der Waals surface area (Å²) in [4.78, 5) is 13.5. The first-order valence-electron chi connectivity index (χ1n) is 33.7. The van der Waals surface area contributed by atoms with Gasteiger partial charge in [-0.05, 0) is 133 Å². The van der Waals surface area contributed by atoms with Gasteiger partial charge in [0.2, 0.25) is 0 Å². The third kappa shape index (κ3) is 10.6. The summed E-state index contributed by atoms with van der Waals surface area (Å²) < 4.78 is 34.9. The quantitative estimate of drug-likeness (QED) is 0.0337. The number of methoxy groups -OCH3 is 2. The van der Waals surface area contributed by atoms with Crippen LogP contribution >= 0.6 is 21.6 Å². The number of aromatic hydroxyl groups is 2. The molecule has 0 amide bonds. The average molecular weight is 1280 g/mol. The Kier molecular flexibility index (Phi) is 16.1. The summed E-state index contributed by atoms with van der Waals surface area (Å²) in [6.07, 6.45) is 20.5. The van der Waals surface area contributed by atoms with Gasteiger partial charge in [-0.15, -0.1) is 0 Å². The Morgan fingerprint density at radius 3 is 2.68 bits per heavy atom. The van der Waals surface area contributed by atoms with E-state index in [4.69, 9.17) is 29.4 Å². The molecule has 5 aromatic rings. The number of fused-ring (bicyclic) bond motifs is 14. The van der Waals surface area contributed by atoms with Crippen LogP contribution in [-0.2, 0) is 45.5 Å². The van der Waals surface area contributed by atoms with Crippen LogP contribution in [-0.4, -0.2) is 97.2 Å². The van der Waals surface area contributed by atoms with Crippen molar-refractivity contribution in [3.63, 3.8) is 0 Å². The average Bonchev–Trinajstić information content (AvgIpc) is 1.61. The molecule has 6 aliphatic heterocycles. The molecule has 16 unspecified atom stereocenters. The maximum absolute atomic E-state index is 14.0. The van der Waals surface area contributed by atoms with Crippen LogP contribution in [0.1, 0.15) is 131 Å². The monoisotopic (exact) mass is 1280 g/mol. The first-order valence-corrected chi connectivity index (χ1v) is 36.1. The van der Waals surface area contributed by atoms with E-state index in [0.29, 0.717) is 60.1 Å². The Bertz CT molecular complexity index is 4090. The number of aliphatic hydroxyl groups excluding tert-OH is 1. The second kappa shape index (κ2) is 24.6. The summed E-state index contributed by atoms with van der Waals surface area (Å²) in [7, 11) is 7.25. The number of carbonyl (C=O) groups is 1. The van der Waals surface area contributed by atoms with Crippen molar-refractivity contribution in [3.8, 4) is 63.6 Å². The van der Waals surface area contributed by atoms with Gasteiger partial charge in [-0.2, -0.15) is 0 Å². The molecule has 11 aliphatic rings. The van der Waals surface area contributed by atoms with Gasteiger partial charge in [-0.25, -0.2) is 0 Å². The predicted molar refractivity (Wildman–Crippen MR) is 365 cm³/mol. The second-order valence-corrected chi connectivity index (χ2v) is 30.8. The number of phenolic OH excluding ortho intramolecular Hbond substituents is 2. The fraction of sp³-hybridized carbons (Fsp3) is 0.449. The van der Waals surface area contributed by atoms with Gasteiger partial charge < -0.3 is 60.7 Å². The molecule has 3 fully saturated rings. The largest absolute Gasteiger partial charge is 0.508 e. The lowest BCUT2D eigenvalue weighted by Gasteiger charge is -2.40. The molecule has 16 rings (SSSR count). The molecule has 480 valence electrons. The fourth-order valence-corrected chi connectivity index (χ4v) is 21.9. The number of phenols is 2. The molecule has 1 spiro atoms. The zero-order valence-corrected chi connectivity index (χ0v) is 54.7. The smallest absolute Gasteiger partial charge is 0.302 e. The zero-order chi connectivity index (χ0) is 63.3. The molecule has 15 heteroatoms. The van der Waals surface area contributed by atoms with Gasteiger partial charge in [-0.1, -0.05) is 143 Å². The van der Waals surface area contributed by atoms with Crippen molar-refractivity contribution >= 4 is 33.6 Å². The number of ether oxygens (including phenoxy) is 5. The van der Waals surface area contributed by atoms with Crippen LogP contribution in [0.3, 0.4) is 0 Å². The van der Waals surface area contributed by atoms with Gasteiger partial charge in [-0.3, -0.25) is 4.79 Å². The SMILES string of the molecule is COCC12C=CC3c4cccc(c4)CC4C5=C(C#CC(C#CC31)c1c(c(O)c3c(c1C1Oc6c(ccc7c6C6(CCC4C6)Cc4cc(O)cc(OC)c4-7)C1COC(C)=O)C=CC1NC4CCCC(CSSC(Cc6ccccc6)C1O3)C4)CNCC2CO)NC(N)C=C5. The van der Waals surface area contributed by atoms with Crippen LogP contribution < -0.4 is 35.9 Å². The lowest BCUT2D eigenvalue weighted by Crippen LogP contribution is -2.52. The minimum absolute atomic E-state index is 0.00945. The molecule has 1 saturated heterocycles. The van der Waals surface area contributed by atoms with Crippen molar-refractivity contribution in [2.24, 2.45) is 40.7 Å². The van der Waals surface area contributed by atoms with E-state index >= 15 is 0 Å². The number of aliphatic hydroxyl groups is 1. The van der Waals surface area contributed by atoms with Gasteiger partial charge in [0.25, 0.3) is 0 Å². The molecule has 0 radical (unpaired) electrons. The van der Waals surface area contributed by atoms with E-state index < -0.39 is 47.0 Å². The standard InChI is InChI=1S/C78H82N4O9S2/c1-43(84)89-40-61-56-17-18-57-68-50(33-53(85)34-65(68)88-3)36-77-27-25-49(35-77)59-31-45-11-7-13-48(29-45)54-26-28-78(42-87-2)51(39-83)37-80-38-60-69(47(15-21-62(54)78)16-22-63-55(59)20-24-67(79)82-63)70(73(61)90-74(56)71(57)77)58-19-23-64-76(91-75(58)72(60)86)66(32-44-9-5-4-6-10-44)93-92-41-46-12-8-14-52(30-46)81-64/h4-7,9-11,13,17-20,23-24,26,28-29,33-34,46-47,49,51-52,54,59,61-62,64,66-67,73,76,80-83,85-86H,8,12,14,25,27,30-32,35-42,79H2,1-3H3. The third-order valence-corrected chi connectivity index (χ3v) is 25.9. The van der Waals surface area contributed by atoms with Crippen LogP contribution in [0, 0.1) is 58.7 Å². The minimum Gasteiger partial charge on any atom is -0.508 e. The number of allylic oxidation sites excluding steroid dienone is 4. The lowest BCUT2D eigenvalue weighted by molar-refractivity contribution is -0.141. The number of hydrogen-bond acceptors (Lipinski definition) is 15. The van der Waals surface area contributed by atoms with E-state index in [2.05, 4.69) is 143 Å². The van der Waals surface area contributed by atoms with Crippen molar-refractivity contribution in [1.29, 1.82) is 0 Å².